The molecule has 2 aromatic rings. The number of para-hydroxylation sites is 1. The van der Waals surface area contributed by atoms with E-state index in [9.17, 15) is 0 Å². The fourth-order valence-corrected chi connectivity index (χ4v) is 2.40. The Morgan fingerprint density at radius 3 is 2.75 bits per heavy atom. The first-order valence-electron chi connectivity index (χ1n) is 5.77. The summed E-state index contributed by atoms with van der Waals surface area (Å²) >= 11 is 0. The van der Waals surface area contributed by atoms with Gasteiger partial charge in [0, 0.05) is 17.9 Å². The van der Waals surface area contributed by atoms with Gasteiger partial charge < -0.3 is 4.90 Å². The van der Waals surface area contributed by atoms with Crippen molar-refractivity contribution in [3.8, 4) is 0 Å². The van der Waals surface area contributed by atoms with Gasteiger partial charge in [-0.05, 0) is 42.7 Å². The zero-order valence-electron chi connectivity index (χ0n) is 9.48. The molecule has 0 aliphatic carbocycles. The van der Waals surface area contributed by atoms with Gasteiger partial charge in [-0.15, -0.1) is 0 Å². The molecular formula is C15H15N. The molecule has 0 spiro atoms. The van der Waals surface area contributed by atoms with E-state index >= 15 is 0 Å². The number of benzene rings is 2. The van der Waals surface area contributed by atoms with E-state index in [4.69, 9.17) is 0 Å². The molecule has 1 heteroatoms. The third kappa shape index (κ3) is 1.49. The molecule has 0 amide bonds. The Labute approximate surface area is 96.3 Å². The van der Waals surface area contributed by atoms with Crippen LogP contribution in [0, 0.1) is 6.92 Å². The predicted octanol–water partition coefficient (Wildman–Crippen LogP) is 3.69. The number of fused-ring (bicyclic) bond motifs is 1. The van der Waals surface area contributed by atoms with Crippen molar-refractivity contribution in [2.45, 2.75) is 13.3 Å². The number of hydrogen-bond donors (Lipinski definition) is 0. The Morgan fingerprint density at radius 2 is 1.88 bits per heavy atom. The summed E-state index contributed by atoms with van der Waals surface area (Å²) in [6.45, 7) is 3.24. The minimum absolute atomic E-state index is 1.10. The lowest BCUT2D eigenvalue weighted by atomic mass is 10.1. The number of nitrogens with zero attached hydrogens (tertiary/aromatic N) is 1. The zero-order valence-corrected chi connectivity index (χ0v) is 9.48. The first-order chi connectivity index (χ1) is 7.84. The summed E-state index contributed by atoms with van der Waals surface area (Å²) in [6, 6.07) is 17.4. The van der Waals surface area contributed by atoms with Crippen LogP contribution in [0.3, 0.4) is 0 Å². The van der Waals surface area contributed by atoms with Crippen LogP contribution in [0.5, 0.6) is 0 Å². The topological polar surface area (TPSA) is 3.24 Å². The molecule has 3 rings (SSSR count). The summed E-state index contributed by atoms with van der Waals surface area (Å²) in [5.74, 6) is 0. The van der Waals surface area contributed by atoms with Crippen molar-refractivity contribution in [3.05, 3.63) is 59.7 Å². The molecule has 0 fully saturated rings. The maximum atomic E-state index is 2.41. The second-order valence-corrected chi connectivity index (χ2v) is 4.37. The Bertz CT molecular complexity index is 516. The van der Waals surface area contributed by atoms with Gasteiger partial charge in [-0.1, -0.05) is 30.3 Å². The van der Waals surface area contributed by atoms with E-state index in [-0.39, 0.29) is 0 Å². The van der Waals surface area contributed by atoms with Crippen LogP contribution < -0.4 is 4.90 Å². The van der Waals surface area contributed by atoms with E-state index in [0.29, 0.717) is 0 Å². The molecule has 1 aliphatic rings. The van der Waals surface area contributed by atoms with Crippen molar-refractivity contribution in [2.75, 3.05) is 11.4 Å². The van der Waals surface area contributed by atoms with Gasteiger partial charge in [0.2, 0.25) is 0 Å². The van der Waals surface area contributed by atoms with Gasteiger partial charge in [0.05, 0.1) is 0 Å². The first-order valence-corrected chi connectivity index (χ1v) is 5.77. The van der Waals surface area contributed by atoms with Crippen molar-refractivity contribution >= 4 is 11.4 Å². The molecule has 1 heterocycles. The molecule has 0 saturated carbocycles. The van der Waals surface area contributed by atoms with Crippen LogP contribution in [0.25, 0.3) is 0 Å². The van der Waals surface area contributed by atoms with Gasteiger partial charge >= 0.3 is 0 Å². The summed E-state index contributed by atoms with van der Waals surface area (Å²) in [6.07, 6.45) is 1.16. The SMILES string of the molecule is Cc1cccc(N2CCc3ccccc32)c1. The standard InChI is InChI=1S/C15H15N/c1-12-5-4-7-14(11-12)16-10-9-13-6-2-3-8-15(13)16/h2-8,11H,9-10H2,1H3. The summed E-state index contributed by atoms with van der Waals surface area (Å²) in [7, 11) is 0. The van der Waals surface area contributed by atoms with Gasteiger partial charge in [0.1, 0.15) is 0 Å². The molecule has 0 aromatic heterocycles. The van der Waals surface area contributed by atoms with E-state index in [2.05, 4.69) is 60.4 Å². The second-order valence-electron chi connectivity index (χ2n) is 4.37. The van der Waals surface area contributed by atoms with Gasteiger partial charge in [0.25, 0.3) is 0 Å². The van der Waals surface area contributed by atoms with Gasteiger partial charge in [0.15, 0.2) is 0 Å². The second kappa shape index (κ2) is 3.67. The fraction of sp³-hybridized carbons (Fsp3) is 0.200. The van der Waals surface area contributed by atoms with Crippen molar-refractivity contribution in [2.24, 2.45) is 0 Å². The average Bonchev–Trinajstić information content (AvgIpc) is 2.72. The minimum atomic E-state index is 1.10. The fourth-order valence-electron chi connectivity index (χ4n) is 2.40. The summed E-state index contributed by atoms with van der Waals surface area (Å²) in [5.41, 5.74) is 5.46. The highest BCUT2D eigenvalue weighted by Crippen LogP contribution is 2.34. The van der Waals surface area contributed by atoms with Crippen LogP contribution in [0.1, 0.15) is 11.1 Å². The largest absolute Gasteiger partial charge is 0.341 e. The summed E-state index contributed by atoms with van der Waals surface area (Å²) in [5, 5.41) is 0. The third-order valence-electron chi connectivity index (χ3n) is 3.20. The van der Waals surface area contributed by atoms with Crippen LogP contribution in [-0.2, 0) is 6.42 Å². The molecule has 16 heavy (non-hydrogen) atoms. The van der Waals surface area contributed by atoms with E-state index in [1.54, 1.807) is 0 Å². The minimum Gasteiger partial charge on any atom is -0.341 e. The molecular weight excluding hydrogens is 194 g/mol. The van der Waals surface area contributed by atoms with Crippen molar-refractivity contribution in [1.82, 2.24) is 0 Å². The van der Waals surface area contributed by atoms with Crippen molar-refractivity contribution in [1.29, 1.82) is 0 Å². The summed E-state index contributed by atoms with van der Waals surface area (Å²) < 4.78 is 0. The lowest BCUT2D eigenvalue weighted by Crippen LogP contribution is -2.13. The van der Waals surface area contributed by atoms with Crippen LogP contribution in [0.15, 0.2) is 48.5 Å². The lowest BCUT2D eigenvalue weighted by Gasteiger charge is -2.19. The smallest absolute Gasteiger partial charge is 0.0444 e. The van der Waals surface area contributed by atoms with Crippen LogP contribution in [0.4, 0.5) is 11.4 Å². The average molecular weight is 209 g/mol. The van der Waals surface area contributed by atoms with Gasteiger partial charge in [-0.25, -0.2) is 0 Å². The van der Waals surface area contributed by atoms with Gasteiger partial charge in [-0.2, -0.15) is 0 Å². The molecule has 0 radical (unpaired) electrons. The molecule has 0 atom stereocenters. The van der Waals surface area contributed by atoms with E-state index in [1.807, 2.05) is 0 Å². The molecule has 0 saturated heterocycles. The third-order valence-corrected chi connectivity index (χ3v) is 3.20. The van der Waals surface area contributed by atoms with Crippen LogP contribution in [0.2, 0.25) is 0 Å². The zero-order chi connectivity index (χ0) is 11.0. The number of aryl methyl sites for hydroxylation is 1. The monoisotopic (exact) mass is 209 g/mol. The first kappa shape index (κ1) is 9.46. The van der Waals surface area contributed by atoms with Crippen LogP contribution >= 0.6 is 0 Å². The Hall–Kier alpha value is -1.76. The molecule has 1 nitrogen and oxygen atoms in total. The van der Waals surface area contributed by atoms with E-state index < -0.39 is 0 Å². The highest BCUT2D eigenvalue weighted by Gasteiger charge is 2.19. The molecule has 2 aromatic carbocycles. The van der Waals surface area contributed by atoms with E-state index in [1.165, 1.54) is 22.5 Å². The van der Waals surface area contributed by atoms with E-state index in [0.717, 1.165) is 13.0 Å². The molecule has 0 bridgehead atoms. The molecule has 0 unspecified atom stereocenters. The predicted molar refractivity (Wildman–Crippen MR) is 68.3 cm³/mol. The van der Waals surface area contributed by atoms with Gasteiger partial charge in [-0.3, -0.25) is 0 Å². The number of anilines is 2. The number of rotatable bonds is 1. The van der Waals surface area contributed by atoms with Crippen LogP contribution in [-0.4, -0.2) is 6.54 Å². The number of hydrogen-bond acceptors (Lipinski definition) is 1. The molecule has 1 aliphatic heterocycles. The lowest BCUT2D eigenvalue weighted by molar-refractivity contribution is 0.997. The summed E-state index contributed by atoms with van der Waals surface area (Å²) in [4.78, 5) is 2.41. The molecule has 0 N–H and O–H groups in total. The molecule has 80 valence electrons. The highest BCUT2D eigenvalue weighted by atomic mass is 15.2. The maximum absolute atomic E-state index is 2.41. The Kier molecular flexibility index (Phi) is 2.17. The highest BCUT2D eigenvalue weighted by molar-refractivity contribution is 5.69. The normalized spacial score (nSPS) is 13.9. The Balaban J connectivity index is 2.05. The quantitative estimate of drug-likeness (QED) is 0.692. The Morgan fingerprint density at radius 1 is 1.00 bits per heavy atom. The maximum Gasteiger partial charge on any atom is 0.0444 e. The van der Waals surface area contributed by atoms with Crippen molar-refractivity contribution < 1.29 is 0 Å². The van der Waals surface area contributed by atoms with Crippen molar-refractivity contribution in [3.63, 3.8) is 0 Å².